The van der Waals surface area contributed by atoms with Crippen LogP contribution in [-0.4, -0.2) is 41.6 Å². The Kier molecular flexibility index (Phi) is 5.68. The zero-order chi connectivity index (χ0) is 22.1. The average Bonchev–Trinajstić information content (AvgIpc) is 3.33. The second-order valence-corrected chi connectivity index (χ2v) is 8.30. The molecule has 1 N–H and O–H groups in total. The number of aliphatic hydroxyl groups excluding tert-OH is 1. The lowest BCUT2D eigenvalue weighted by Gasteiger charge is -2.28. The van der Waals surface area contributed by atoms with Gasteiger partial charge in [-0.1, -0.05) is 48.6 Å². The van der Waals surface area contributed by atoms with Gasteiger partial charge in [-0.15, -0.1) is 0 Å². The van der Waals surface area contributed by atoms with Crippen molar-refractivity contribution < 1.29 is 33.6 Å². The Balaban J connectivity index is 1.29. The maximum Gasteiger partial charge on any atom is 0.338 e. The van der Waals surface area contributed by atoms with Gasteiger partial charge in [-0.05, 0) is 18.2 Å². The molecule has 0 amide bonds. The molecular formula is C25H24O7. The summed E-state index contributed by atoms with van der Waals surface area (Å²) in [5, 5.41) is 10.7. The fourth-order valence-electron chi connectivity index (χ4n) is 4.64. The minimum atomic E-state index is -1.02. The van der Waals surface area contributed by atoms with Crippen LogP contribution in [0.15, 0.2) is 66.7 Å². The molecule has 0 bridgehead atoms. The molecule has 2 heterocycles. The summed E-state index contributed by atoms with van der Waals surface area (Å²) in [5.74, 6) is -0.349. The van der Waals surface area contributed by atoms with Crippen molar-refractivity contribution in [1.82, 2.24) is 0 Å². The predicted molar refractivity (Wildman–Crippen MR) is 113 cm³/mol. The first kappa shape index (κ1) is 20.7. The fourth-order valence-corrected chi connectivity index (χ4v) is 4.64. The molecule has 0 radical (unpaired) electrons. The molecule has 0 aromatic heterocycles. The van der Waals surface area contributed by atoms with Crippen LogP contribution in [0.25, 0.3) is 0 Å². The van der Waals surface area contributed by atoms with Gasteiger partial charge in [0.15, 0.2) is 0 Å². The Bertz CT molecular complexity index is 1020. The van der Waals surface area contributed by atoms with E-state index in [9.17, 15) is 14.7 Å². The summed E-state index contributed by atoms with van der Waals surface area (Å²) < 4.78 is 22.6. The van der Waals surface area contributed by atoms with Gasteiger partial charge in [-0.25, -0.2) is 4.79 Å². The monoisotopic (exact) mass is 436 g/mol. The Morgan fingerprint density at radius 3 is 2.72 bits per heavy atom. The van der Waals surface area contributed by atoms with Gasteiger partial charge in [0.25, 0.3) is 0 Å². The lowest BCUT2D eigenvalue weighted by atomic mass is 9.91. The summed E-state index contributed by atoms with van der Waals surface area (Å²) in [6, 6.07) is 16.3. The molecule has 2 fully saturated rings. The van der Waals surface area contributed by atoms with Gasteiger partial charge in [0.05, 0.1) is 18.6 Å². The van der Waals surface area contributed by atoms with E-state index in [2.05, 4.69) is 0 Å². The molecule has 0 unspecified atom stereocenters. The van der Waals surface area contributed by atoms with E-state index in [4.69, 9.17) is 18.9 Å². The van der Waals surface area contributed by atoms with Crippen molar-refractivity contribution in [1.29, 1.82) is 0 Å². The molecule has 3 aliphatic rings. The van der Waals surface area contributed by atoms with E-state index < -0.39 is 24.5 Å². The zero-order valence-corrected chi connectivity index (χ0v) is 17.3. The van der Waals surface area contributed by atoms with Crippen molar-refractivity contribution in [2.24, 2.45) is 11.8 Å². The quantitative estimate of drug-likeness (QED) is 0.569. The molecule has 32 heavy (non-hydrogen) atoms. The topological polar surface area (TPSA) is 91.3 Å². The van der Waals surface area contributed by atoms with Crippen LogP contribution in [0.5, 0.6) is 5.75 Å². The van der Waals surface area contributed by atoms with E-state index in [-0.39, 0.29) is 30.3 Å². The van der Waals surface area contributed by atoms with Gasteiger partial charge in [0.1, 0.15) is 24.1 Å². The van der Waals surface area contributed by atoms with Gasteiger partial charge < -0.3 is 24.1 Å². The number of esters is 2. The standard InChI is InChI=1S/C25H24O7/c26-19(25-29-14-16-8-4-5-9-20(16)32-25)11-10-17-18-12-23(27)30-22(18)13-21(17)31-24(28)15-6-2-1-3-7-15/h1-11,17-19,21-22,25-26H,12-14H2/b11-10+/t17-,18-,19-,21-,22+,25-/m1/s1. The first-order valence-corrected chi connectivity index (χ1v) is 10.8. The van der Waals surface area contributed by atoms with E-state index in [1.165, 1.54) is 0 Å². The van der Waals surface area contributed by atoms with Crippen LogP contribution in [0.1, 0.15) is 28.8 Å². The summed E-state index contributed by atoms with van der Waals surface area (Å²) in [4.78, 5) is 24.4. The molecule has 2 aromatic rings. The summed E-state index contributed by atoms with van der Waals surface area (Å²) in [6.07, 6.45) is 1.48. The number of hydrogen-bond donors (Lipinski definition) is 1. The average molecular weight is 436 g/mol. The van der Waals surface area contributed by atoms with Crippen LogP contribution in [-0.2, 0) is 25.6 Å². The highest BCUT2D eigenvalue weighted by molar-refractivity contribution is 5.89. The predicted octanol–water partition coefficient (Wildman–Crippen LogP) is 3.02. The van der Waals surface area contributed by atoms with E-state index in [1.54, 1.807) is 36.4 Å². The van der Waals surface area contributed by atoms with Crippen LogP contribution in [0, 0.1) is 11.8 Å². The highest BCUT2D eigenvalue weighted by atomic mass is 16.7. The second kappa shape index (κ2) is 8.76. The van der Waals surface area contributed by atoms with Gasteiger partial charge in [0, 0.05) is 23.8 Å². The van der Waals surface area contributed by atoms with Crippen molar-refractivity contribution in [2.45, 2.75) is 44.1 Å². The molecule has 5 rings (SSSR count). The molecule has 1 saturated carbocycles. The SMILES string of the molecule is O=C1C[C@@H]2[C@@H](/C=C/[C@@H](O)[C@@H]3OCc4ccccc4O3)[C@H](OC(=O)c3ccccc3)C[C@@H]2O1. The minimum absolute atomic E-state index is 0.103. The van der Waals surface area contributed by atoms with Gasteiger partial charge >= 0.3 is 11.9 Å². The zero-order valence-electron chi connectivity index (χ0n) is 17.3. The van der Waals surface area contributed by atoms with Crippen LogP contribution < -0.4 is 4.74 Å². The molecule has 0 spiro atoms. The number of aliphatic hydroxyl groups is 1. The minimum Gasteiger partial charge on any atom is -0.462 e. The molecule has 166 valence electrons. The van der Waals surface area contributed by atoms with Crippen molar-refractivity contribution in [3.63, 3.8) is 0 Å². The number of carbonyl (C=O) groups is 2. The van der Waals surface area contributed by atoms with Crippen LogP contribution >= 0.6 is 0 Å². The number of ether oxygens (including phenoxy) is 4. The largest absolute Gasteiger partial charge is 0.462 e. The Hall–Kier alpha value is -3.16. The van der Waals surface area contributed by atoms with Gasteiger partial charge in [-0.2, -0.15) is 0 Å². The first-order chi connectivity index (χ1) is 15.6. The number of fused-ring (bicyclic) bond motifs is 2. The number of hydrogen-bond acceptors (Lipinski definition) is 7. The second-order valence-electron chi connectivity index (χ2n) is 8.30. The van der Waals surface area contributed by atoms with Crippen molar-refractivity contribution in [3.05, 3.63) is 77.9 Å². The molecule has 2 aliphatic heterocycles. The van der Waals surface area contributed by atoms with E-state index in [0.717, 1.165) is 5.56 Å². The molecule has 1 aliphatic carbocycles. The fraction of sp³-hybridized carbons (Fsp3) is 0.360. The highest BCUT2D eigenvalue weighted by Crippen LogP contribution is 2.44. The van der Waals surface area contributed by atoms with Crippen LogP contribution in [0.2, 0.25) is 0 Å². The third-order valence-corrected chi connectivity index (χ3v) is 6.25. The van der Waals surface area contributed by atoms with Crippen molar-refractivity contribution in [3.8, 4) is 5.75 Å². The van der Waals surface area contributed by atoms with E-state index in [0.29, 0.717) is 24.3 Å². The van der Waals surface area contributed by atoms with Gasteiger partial charge in [0.2, 0.25) is 6.29 Å². The number of carbonyl (C=O) groups excluding carboxylic acids is 2. The Morgan fingerprint density at radius 1 is 1.09 bits per heavy atom. The molecule has 7 nitrogen and oxygen atoms in total. The number of para-hydroxylation sites is 1. The molecule has 2 aromatic carbocycles. The Labute approximate surface area is 185 Å². The smallest absolute Gasteiger partial charge is 0.338 e. The van der Waals surface area contributed by atoms with Crippen LogP contribution in [0.3, 0.4) is 0 Å². The maximum absolute atomic E-state index is 12.6. The maximum atomic E-state index is 12.6. The summed E-state index contributed by atoms with van der Waals surface area (Å²) >= 11 is 0. The van der Waals surface area contributed by atoms with E-state index >= 15 is 0 Å². The molecule has 1 saturated heterocycles. The normalized spacial score (nSPS) is 29.7. The summed E-state index contributed by atoms with van der Waals surface area (Å²) in [5.41, 5.74) is 1.39. The first-order valence-electron chi connectivity index (χ1n) is 10.8. The molecule has 7 heteroatoms. The summed E-state index contributed by atoms with van der Waals surface area (Å²) in [7, 11) is 0. The number of benzene rings is 2. The molecular weight excluding hydrogens is 412 g/mol. The molecule has 6 atom stereocenters. The Morgan fingerprint density at radius 2 is 1.88 bits per heavy atom. The third kappa shape index (κ3) is 4.13. The number of rotatable bonds is 5. The summed E-state index contributed by atoms with van der Waals surface area (Å²) in [6.45, 7) is 0.347. The highest BCUT2D eigenvalue weighted by Gasteiger charge is 2.50. The lowest BCUT2D eigenvalue weighted by Crippen LogP contribution is -2.36. The lowest BCUT2D eigenvalue weighted by molar-refractivity contribution is -0.152. The van der Waals surface area contributed by atoms with Gasteiger partial charge in [-0.3, -0.25) is 4.79 Å². The third-order valence-electron chi connectivity index (χ3n) is 6.25. The van der Waals surface area contributed by atoms with Crippen molar-refractivity contribution >= 4 is 11.9 Å². The van der Waals surface area contributed by atoms with Crippen LogP contribution in [0.4, 0.5) is 0 Å². The van der Waals surface area contributed by atoms with Crippen molar-refractivity contribution in [2.75, 3.05) is 0 Å². The van der Waals surface area contributed by atoms with E-state index in [1.807, 2.05) is 30.3 Å².